The summed E-state index contributed by atoms with van der Waals surface area (Å²) in [5.41, 5.74) is 2.84. The number of carboxylic acids is 1. The largest absolute Gasteiger partial charge is 0.489 e. The number of aliphatic carboxylic acids is 1. The predicted octanol–water partition coefficient (Wildman–Crippen LogP) is 4.86. The van der Waals surface area contributed by atoms with E-state index in [0.29, 0.717) is 29.0 Å². The van der Waals surface area contributed by atoms with E-state index < -0.39 is 10.9 Å². The summed E-state index contributed by atoms with van der Waals surface area (Å²) in [6.45, 7) is 0.353. The molecule has 6 nitrogen and oxygen atoms in total. The van der Waals surface area contributed by atoms with Crippen LogP contribution in [0.4, 0.5) is 5.69 Å². The van der Waals surface area contributed by atoms with Crippen molar-refractivity contribution in [3.05, 3.63) is 94.0 Å². The highest BCUT2D eigenvalue weighted by Crippen LogP contribution is 2.33. The minimum absolute atomic E-state index is 0.00429. The summed E-state index contributed by atoms with van der Waals surface area (Å²) >= 11 is 0. The molecule has 0 saturated heterocycles. The number of aryl methyl sites for hydroxylation is 1. The van der Waals surface area contributed by atoms with Crippen molar-refractivity contribution in [2.45, 2.75) is 19.4 Å². The number of nitro benzene ring substituents is 1. The highest BCUT2D eigenvalue weighted by Gasteiger charge is 2.16. The van der Waals surface area contributed by atoms with E-state index in [9.17, 15) is 14.9 Å². The Balaban J connectivity index is 1.93. The van der Waals surface area contributed by atoms with E-state index in [4.69, 9.17) is 9.84 Å². The van der Waals surface area contributed by atoms with Crippen molar-refractivity contribution < 1.29 is 19.6 Å². The number of benzene rings is 3. The van der Waals surface area contributed by atoms with Gasteiger partial charge in [-0.25, -0.2) is 0 Å². The second kappa shape index (κ2) is 8.81. The van der Waals surface area contributed by atoms with Crippen molar-refractivity contribution in [2.75, 3.05) is 0 Å². The predicted molar refractivity (Wildman–Crippen MR) is 105 cm³/mol. The molecule has 0 aliphatic rings. The fraction of sp³-hybridized carbons (Fsp3) is 0.136. The number of hydrogen-bond acceptors (Lipinski definition) is 4. The average Bonchev–Trinajstić information content (AvgIpc) is 2.71. The number of carboxylic acid groups (broad SMARTS) is 1. The third-order valence-electron chi connectivity index (χ3n) is 4.32. The fourth-order valence-corrected chi connectivity index (χ4v) is 2.94. The summed E-state index contributed by atoms with van der Waals surface area (Å²) in [7, 11) is 0. The molecule has 0 bridgehead atoms. The van der Waals surface area contributed by atoms with Crippen LogP contribution < -0.4 is 4.74 Å². The standard InChI is InChI=1S/C22H19NO5/c24-22(25)13-11-18-14-17(19-8-4-5-9-20(19)23(26)27)10-12-21(18)28-15-16-6-2-1-3-7-16/h1-10,12,14H,11,13,15H2,(H,24,25). The van der Waals surface area contributed by atoms with Crippen LogP contribution in [0.1, 0.15) is 17.5 Å². The lowest BCUT2D eigenvalue weighted by Gasteiger charge is -2.13. The highest BCUT2D eigenvalue weighted by atomic mass is 16.6. The van der Waals surface area contributed by atoms with Crippen LogP contribution >= 0.6 is 0 Å². The van der Waals surface area contributed by atoms with E-state index in [1.165, 1.54) is 6.07 Å². The number of ether oxygens (including phenoxy) is 1. The topological polar surface area (TPSA) is 89.7 Å². The van der Waals surface area contributed by atoms with Crippen molar-refractivity contribution in [2.24, 2.45) is 0 Å². The maximum absolute atomic E-state index is 11.3. The Hall–Kier alpha value is -3.67. The lowest BCUT2D eigenvalue weighted by atomic mass is 9.99. The molecule has 6 heteroatoms. The van der Waals surface area contributed by atoms with Crippen molar-refractivity contribution in [3.8, 4) is 16.9 Å². The monoisotopic (exact) mass is 377 g/mol. The second-order valence-electron chi connectivity index (χ2n) is 6.26. The van der Waals surface area contributed by atoms with Crippen LogP contribution in [0.25, 0.3) is 11.1 Å². The highest BCUT2D eigenvalue weighted by molar-refractivity contribution is 5.75. The Morgan fingerprint density at radius 1 is 1.00 bits per heavy atom. The Labute approximate surface area is 162 Å². The summed E-state index contributed by atoms with van der Waals surface area (Å²) in [4.78, 5) is 21.9. The van der Waals surface area contributed by atoms with Gasteiger partial charge in [0.1, 0.15) is 12.4 Å². The van der Waals surface area contributed by atoms with Gasteiger partial charge >= 0.3 is 5.97 Å². The molecule has 3 aromatic rings. The first kappa shape index (κ1) is 19.1. The molecule has 0 amide bonds. The smallest absolute Gasteiger partial charge is 0.303 e. The van der Waals surface area contributed by atoms with Crippen LogP contribution in [0.3, 0.4) is 0 Å². The van der Waals surface area contributed by atoms with Crippen LogP contribution in [0.5, 0.6) is 5.75 Å². The first-order valence-electron chi connectivity index (χ1n) is 8.80. The molecule has 0 saturated carbocycles. The molecule has 0 atom stereocenters. The van der Waals surface area contributed by atoms with E-state index in [0.717, 1.165) is 5.56 Å². The molecule has 0 aliphatic carbocycles. The molecule has 0 aliphatic heterocycles. The summed E-state index contributed by atoms with van der Waals surface area (Å²) in [5, 5.41) is 20.4. The van der Waals surface area contributed by atoms with E-state index in [1.54, 1.807) is 36.4 Å². The number of carbonyl (C=O) groups is 1. The molecule has 0 heterocycles. The van der Waals surface area contributed by atoms with Gasteiger partial charge in [0, 0.05) is 12.5 Å². The molecule has 0 fully saturated rings. The molecular formula is C22H19NO5. The van der Waals surface area contributed by atoms with Gasteiger partial charge in [-0.05, 0) is 41.3 Å². The quantitative estimate of drug-likeness (QED) is 0.447. The Morgan fingerprint density at radius 3 is 2.43 bits per heavy atom. The molecule has 0 unspecified atom stereocenters. The molecule has 0 radical (unpaired) electrons. The van der Waals surface area contributed by atoms with Crippen molar-refractivity contribution in [3.63, 3.8) is 0 Å². The van der Waals surface area contributed by atoms with Crippen molar-refractivity contribution in [1.29, 1.82) is 0 Å². The van der Waals surface area contributed by atoms with Gasteiger partial charge in [0.2, 0.25) is 0 Å². The first-order valence-corrected chi connectivity index (χ1v) is 8.80. The van der Waals surface area contributed by atoms with E-state index in [1.807, 2.05) is 30.3 Å². The van der Waals surface area contributed by atoms with Gasteiger partial charge in [-0.3, -0.25) is 14.9 Å². The normalized spacial score (nSPS) is 10.4. The van der Waals surface area contributed by atoms with Crippen LogP contribution in [-0.4, -0.2) is 16.0 Å². The molecule has 3 aromatic carbocycles. The minimum Gasteiger partial charge on any atom is -0.489 e. The number of hydrogen-bond donors (Lipinski definition) is 1. The van der Waals surface area contributed by atoms with Gasteiger partial charge < -0.3 is 9.84 Å². The summed E-state index contributed by atoms with van der Waals surface area (Å²) in [6, 6.07) is 21.4. The number of rotatable bonds is 8. The van der Waals surface area contributed by atoms with Gasteiger partial charge in [-0.15, -0.1) is 0 Å². The van der Waals surface area contributed by atoms with E-state index >= 15 is 0 Å². The van der Waals surface area contributed by atoms with Gasteiger partial charge in [0.05, 0.1) is 10.5 Å². The van der Waals surface area contributed by atoms with E-state index in [-0.39, 0.29) is 18.5 Å². The number of para-hydroxylation sites is 1. The van der Waals surface area contributed by atoms with E-state index in [2.05, 4.69) is 0 Å². The maximum Gasteiger partial charge on any atom is 0.303 e. The second-order valence-corrected chi connectivity index (χ2v) is 6.26. The molecule has 28 heavy (non-hydrogen) atoms. The lowest BCUT2D eigenvalue weighted by molar-refractivity contribution is -0.384. The number of nitro groups is 1. The minimum atomic E-state index is -0.912. The Kier molecular flexibility index (Phi) is 6.01. The Bertz CT molecular complexity index is 985. The fourth-order valence-electron chi connectivity index (χ4n) is 2.94. The zero-order chi connectivity index (χ0) is 19.9. The summed E-state index contributed by atoms with van der Waals surface area (Å²) in [5.74, 6) is -0.336. The third-order valence-corrected chi connectivity index (χ3v) is 4.32. The Morgan fingerprint density at radius 2 is 1.71 bits per heavy atom. The van der Waals surface area contributed by atoms with Crippen LogP contribution in [-0.2, 0) is 17.8 Å². The van der Waals surface area contributed by atoms with Crippen LogP contribution in [0.15, 0.2) is 72.8 Å². The molecule has 3 rings (SSSR count). The first-order chi connectivity index (χ1) is 13.5. The number of nitrogens with zero attached hydrogens (tertiary/aromatic N) is 1. The summed E-state index contributed by atoms with van der Waals surface area (Å²) < 4.78 is 5.90. The average molecular weight is 377 g/mol. The molecular weight excluding hydrogens is 358 g/mol. The van der Waals surface area contributed by atoms with Crippen LogP contribution in [0, 0.1) is 10.1 Å². The zero-order valence-electron chi connectivity index (χ0n) is 15.1. The third kappa shape index (κ3) is 4.73. The SMILES string of the molecule is O=C(O)CCc1cc(-c2ccccc2[N+](=O)[O-])ccc1OCc1ccccc1. The lowest BCUT2D eigenvalue weighted by Crippen LogP contribution is -2.02. The van der Waals surface area contributed by atoms with Gasteiger partial charge in [0.25, 0.3) is 5.69 Å². The molecule has 142 valence electrons. The van der Waals surface area contributed by atoms with Gasteiger partial charge in [0.15, 0.2) is 0 Å². The molecule has 1 N–H and O–H groups in total. The maximum atomic E-state index is 11.3. The van der Waals surface area contributed by atoms with Crippen molar-refractivity contribution >= 4 is 11.7 Å². The van der Waals surface area contributed by atoms with Crippen LogP contribution in [0.2, 0.25) is 0 Å². The van der Waals surface area contributed by atoms with Crippen molar-refractivity contribution in [1.82, 2.24) is 0 Å². The molecule has 0 spiro atoms. The summed E-state index contributed by atoms with van der Waals surface area (Å²) in [6.07, 6.45) is 0.218. The molecule has 0 aromatic heterocycles. The van der Waals surface area contributed by atoms with Gasteiger partial charge in [-0.1, -0.05) is 48.5 Å². The zero-order valence-corrected chi connectivity index (χ0v) is 15.1. The van der Waals surface area contributed by atoms with Gasteiger partial charge in [-0.2, -0.15) is 0 Å².